The average molecular weight is 258 g/mol. The first-order valence-corrected chi connectivity index (χ1v) is 6.89. The maximum absolute atomic E-state index is 5.95. The minimum atomic E-state index is 0.376. The first kappa shape index (κ1) is 14.5. The highest BCUT2D eigenvalue weighted by atomic mass is 35.5. The Morgan fingerprint density at radius 2 is 2.06 bits per heavy atom. The maximum Gasteiger partial charge on any atom is 0.0762 e. The molecule has 0 aliphatic carbocycles. The van der Waals surface area contributed by atoms with E-state index >= 15 is 0 Å². The van der Waals surface area contributed by atoms with Crippen LogP contribution in [-0.2, 0) is 6.54 Å². The van der Waals surface area contributed by atoms with Crippen LogP contribution in [0.25, 0.3) is 0 Å². The van der Waals surface area contributed by atoms with E-state index in [1.807, 2.05) is 10.9 Å². The second-order valence-electron chi connectivity index (χ2n) is 5.24. The Hall–Kier alpha value is -0.540. The number of alkyl halides is 1. The van der Waals surface area contributed by atoms with Crippen molar-refractivity contribution in [1.29, 1.82) is 0 Å². The quantitative estimate of drug-likeness (QED) is 0.761. The van der Waals surface area contributed by atoms with E-state index < -0.39 is 0 Å². The fraction of sp³-hybridized carbons (Fsp3) is 0.769. The van der Waals surface area contributed by atoms with Gasteiger partial charge in [0.2, 0.25) is 0 Å². The molecule has 1 heterocycles. The molecule has 0 amide bonds. The highest BCUT2D eigenvalue weighted by Gasteiger charge is 2.10. The molecule has 1 aromatic rings. The standard InChI is InChI=1S/C13H24ClN3/c1-10(2)7-13(8-14)15-9-12-5-6-17(16-12)11(3)4/h5-6,10-11,13,15H,7-9H2,1-4H3. The molecule has 17 heavy (non-hydrogen) atoms. The Labute approximate surface area is 110 Å². The zero-order chi connectivity index (χ0) is 12.8. The molecular formula is C13H24ClN3. The van der Waals surface area contributed by atoms with Gasteiger partial charge in [-0.15, -0.1) is 11.6 Å². The lowest BCUT2D eigenvalue weighted by Crippen LogP contribution is -2.31. The first-order valence-electron chi connectivity index (χ1n) is 6.36. The minimum absolute atomic E-state index is 0.376. The summed E-state index contributed by atoms with van der Waals surface area (Å²) in [5, 5.41) is 7.97. The molecule has 0 aliphatic heterocycles. The number of hydrogen-bond donors (Lipinski definition) is 1. The summed E-state index contributed by atoms with van der Waals surface area (Å²) < 4.78 is 1.98. The van der Waals surface area contributed by atoms with E-state index in [9.17, 15) is 0 Å². The third kappa shape index (κ3) is 5.09. The molecular weight excluding hydrogens is 234 g/mol. The van der Waals surface area contributed by atoms with Gasteiger partial charge in [0.25, 0.3) is 0 Å². The van der Waals surface area contributed by atoms with Gasteiger partial charge >= 0.3 is 0 Å². The lowest BCUT2D eigenvalue weighted by atomic mass is 10.1. The van der Waals surface area contributed by atoms with Crippen LogP contribution in [0.5, 0.6) is 0 Å². The molecule has 98 valence electrons. The molecule has 0 bridgehead atoms. The Kier molecular flexibility index (Phi) is 6.00. The van der Waals surface area contributed by atoms with Crippen LogP contribution in [0.15, 0.2) is 12.3 Å². The van der Waals surface area contributed by atoms with Crippen LogP contribution in [0, 0.1) is 5.92 Å². The summed E-state index contributed by atoms with van der Waals surface area (Å²) in [6, 6.07) is 2.86. The van der Waals surface area contributed by atoms with Crippen molar-refractivity contribution in [2.24, 2.45) is 5.92 Å². The van der Waals surface area contributed by atoms with Gasteiger partial charge < -0.3 is 5.32 Å². The van der Waals surface area contributed by atoms with Gasteiger partial charge in [-0.05, 0) is 32.3 Å². The predicted octanol–water partition coefficient (Wildman–Crippen LogP) is 3.21. The predicted molar refractivity (Wildman–Crippen MR) is 73.4 cm³/mol. The number of nitrogens with one attached hydrogen (secondary N) is 1. The second kappa shape index (κ2) is 7.02. The van der Waals surface area contributed by atoms with Crippen molar-refractivity contribution in [2.75, 3.05) is 5.88 Å². The van der Waals surface area contributed by atoms with Crippen LogP contribution >= 0.6 is 11.6 Å². The highest BCUT2D eigenvalue weighted by molar-refractivity contribution is 6.18. The molecule has 1 N–H and O–H groups in total. The van der Waals surface area contributed by atoms with Crippen molar-refractivity contribution >= 4 is 11.6 Å². The summed E-state index contributed by atoms with van der Waals surface area (Å²) in [4.78, 5) is 0. The summed E-state index contributed by atoms with van der Waals surface area (Å²) in [6.07, 6.45) is 3.13. The van der Waals surface area contributed by atoms with Gasteiger partial charge in [-0.1, -0.05) is 13.8 Å². The van der Waals surface area contributed by atoms with E-state index in [4.69, 9.17) is 11.6 Å². The van der Waals surface area contributed by atoms with Gasteiger partial charge in [0.15, 0.2) is 0 Å². The number of aromatic nitrogens is 2. The van der Waals surface area contributed by atoms with Gasteiger partial charge in [0.1, 0.15) is 0 Å². The van der Waals surface area contributed by atoms with E-state index in [2.05, 4.69) is 44.2 Å². The van der Waals surface area contributed by atoms with Crippen LogP contribution < -0.4 is 5.32 Å². The zero-order valence-corrected chi connectivity index (χ0v) is 12.0. The molecule has 1 atom stereocenters. The largest absolute Gasteiger partial charge is 0.307 e. The number of nitrogens with zero attached hydrogens (tertiary/aromatic N) is 2. The van der Waals surface area contributed by atoms with Gasteiger partial charge in [-0.2, -0.15) is 5.10 Å². The Balaban J connectivity index is 2.42. The van der Waals surface area contributed by atoms with Gasteiger partial charge in [-0.25, -0.2) is 0 Å². The number of rotatable bonds is 7. The summed E-state index contributed by atoms with van der Waals surface area (Å²) >= 11 is 5.95. The van der Waals surface area contributed by atoms with E-state index in [-0.39, 0.29) is 0 Å². The fourth-order valence-corrected chi connectivity index (χ4v) is 2.01. The summed E-state index contributed by atoms with van der Waals surface area (Å²) in [7, 11) is 0. The molecule has 1 rings (SSSR count). The van der Waals surface area contributed by atoms with Crippen LogP contribution in [0.2, 0.25) is 0 Å². The molecule has 1 aromatic heterocycles. The molecule has 1 unspecified atom stereocenters. The Bertz CT molecular complexity index is 320. The lowest BCUT2D eigenvalue weighted by Gasteiger charge is -2.17. The van der Waals surface area contributed by atoms with Gasteiger partial charge in [-0.3, -0.25) is 4.68 Å². The van der Waals surface area contributed by atoms with Gasteiger partial charge in [0, 0.05) is 30.7 Å². The number of hydrogen-bond acceptors (Lipinski definition) is 2. The van der Waals surface area contributed by atoms with Crippen molar-refractivity contribution in [3.63, 3.8) is 0 Å². The van der Waals surface area contributed by atoms with Crippen molar-refractivity contribution in [3.8, 4) is 0 Å². The average Bonchev–Trinajstić information content (AvgIpc) is 2.72. The fourth-order valence-electron chi connectivity index (χ4n) is 1.78. The smallest absolute Gasteiger partial charge is 0.0762 e. The van der Waals surface area contributed by atoms with Crippen molar-refractivity contribution in [1.82, 2.24) is 15.1 Å². The molecule has 4 heteroatoms. The van der Waals surface area contributed by atoms with E-state index in [1.165, 1.54) is 0 Å². The van der Waals surface area contributed by atoms with E-state index in [1.54, 1.807) is 0 Å². The summed E-state index contributed by atoms with van der Waals surface area (Å²) in [5.41, 5.74) is 1.08. The normalized spacial score (nSPS) is 13.6. The molecule has 3 nitrogen and oxygen atoms in total. The van der Waals surface area contributed by atoms with Crippen LogP contribution in [0.4, 0.5) is 0 Å². The monoisotopic (exact) mass is 257 g/mol. The van der Waals surface area contributed by atoms with E-state index in [0.717, 1.165) is 18.7 Å². The minimum Gasteiger partial charge on any atom is -0.307 e. The third-order valence-corrected chi connectivity index (χ3v) is 3.08. The summed E-state index contributed by atoms with van der Waals surface area (Å²) in [5.74, 6) is 1.32. The molecule has 0 saturated carbocycles. The van der Waals surface area contributed by atoms with Crippen molar-refractivity contribution in [3.05, 3.63) is 18.0 Å². The molecule has 0 fully saturated rings. The Morgan fingerprint density at radius 3 is 2.53 bits per heavy atom. The maximum atomic E-state index is 5.95. The molecule has 0 radical (unpaired) electrons. The summed E-state index contributed by atoms with van der Waals surface area (Å²) in [6.45, 7) is 9.49. The van der Waals surface area contributed by atoms with Crippen molar-refractivity contribution in [2.45, 2.75) is 52.7 Å². The molecule has 0 saturated heterocycles. The highest BCUT2D eigenvalue weighted by Crippen LogP contribution is 2.08. The third-order valence-electron chi connectivity index (χ3n) is 2.71. The Morgan fingerprint density at radius 1 is 1.35 bits per heavy atom. The van der Waals surface area contributed by atoms with E-state index in [0.29, 0.717) is 23.9 Å². The molecule has 0 spiro atoms. The van der Waals surface area contributed by atoms with Crippen LogP contribution in [0.1, 0.15) is 45.9 Å². The molecule has 0 aliphatic rings. The van der Waals surface area contributed by atoms with Crippen LogP contribution in [-0.4, -0.2) is 21.7 Å². The topological polar surface area (TPSA) is 29.9 Å². The molecule has 0 aromatic carbocycles. The van der Waals surface area contributed by atoms with Gasteiger partial charge in [0.05, 0.1) is 5.69 Å². The van der Waals surface area contributed by atoms with Crippen LogP contribution in [0.3, 0.4) is 0 Å². The second-order valence-corrected chi connectivity index (χ2v) is 5.55. The zero-order valence-electron chi connectivity index (χ0n) is 11.3. The SMILES string of the molecule is CC(C)CC(CCl)NCc1ccn(C(C)C)n1. The van der Waals surface area contributed by atoms with Crippen molar-refractivity contribution < 1.29 is 0 Å². The number of halogens is 1. The first-order chi connectivity index (χ1) is 8.02. The lowest BCUT2D eigenvalue weighted by molar-refractivity contribution is 0.439.